The molecule has 1 aliphatic carbocycles. The summed E-state index contributed by atoms with van der Waals surface area (Å²) in [4.78, 5) is 0. The van der Waals surface area contributed by atoms with Gasteiger partial charge in [0.05, 0.1) is 6.61 Å². The van der Waals surface area contributed by atoms with E-state index >= 15 is 0 Å². The number of hydrogen-bond acceptors (Lipinski definition) is 2. The Balaban J connectivity index is 2.00. The highest BCUT2D eigenvalue weighted by atomic mass is 35.5. The lowest BCUT2D eigenvalue weighted by molar-refractivity contribution is 0.150. The van der Waals surface area contributed by atoms with Crippen molar-refractivity contribution in [2.24, 2.45) is 5.92 Å². The molecule has 1 aromatic rings. The average molecular weight is 268 g/mol. The van der Waals surface area contributed by atoms with E-state index in [0.29, 0.717) is 12.1 Å². The predicted octanol–water partition coefficient (Wildman–Crippen LogP) is 3.81. The van der Waals surface area contributed by atoms with Crippen molar-refractivity contribution in [3.63, 3.8) is 0 Å². The molecule has 0 saturated heterocycles. The van der Waals surface area contributed by atoms with Crippen LogP contribution in [0.1, 0.15) is 37.8 Å². The van der Waals surface area contributed by atoms with E-state index in [1.807, 2.05) is 12.1 Å². The van der Waals surface area contributed by atoms with Crippen LogP contribution in [-0.2, 0) is 4.74 Å². The lowest BCUT2D eigenvalue weighted by Gasteiger charge is -2.25. The van der Waals surface area contributed by atoms with Crippen molar-refractivity contribution in [3.8, 4) is 0 Å². The van der Waals surface area contributed by atoms with Crippen LogP contribution in [0.5, 0.6) is 0 Å². The van der Waals surface area contributed by atoms with Crippen LogP contribution in [-0.4, -0.2) is 19.8 Å². The van der Waals surface area contributed by atoms with Gasteiger partial charge < -0.3 is 10.1 Å². The van der Waals surface area contributed by atoms with Gasteiger partial charge in [-0.15, -0.1) is 0 Å². The number of rotatable bonds is 7. The van der Waals surface area contributed by atoms with Gasteiger partial charge in [-0.05, 0) is 42.9 Å². The molecule has 0 bridgehead atoms. The number of halogens is 1. The monoisotopic (exact) mass is 267 g/mol. The van der Waals surface area contributed by atoms with E-state index in [-0.39, 0.29) is 0 Å². The number of ether oxygens (including phenoxy) is 1. The predicted molar refractivity (Wildman–Crippen MR) is 76.0 cm³/mol. The van der Waals surface area contributed by atoms with Crippen LogP contribution in [0, 0.1) is 5.92 Å². The Bertz CT molecular complexity index is 361. The van der Waals surface area contributed by atoms with Crippen molar-refractivity contribution in [2.45, 2.75) is 38.3 Å². The molecule has 1 aromatic carbocycles. The maximum Gasteiger partial charge on any atom is 0.0618 e. The van der Waals surface area contributed by atoms with E-state index in [4.69, 9.17) is 16.3 Å². The summed E-state index contributed by atoms with van der Waals surface area (Å²) in [5.74, 6) is 0.798. The van der Waals surface area contributed by atoms with Crippen LogP contribution in [0.25, 0.3) is 0 Å². The van der Waals surface area contributed by atoms with Gasteiger partial charge in [0, 0.05) is 24.2 Å². The highest BCUT2D eigenvalue weighted by molar-refractivity contribution is 6.30. The van der Waals surface area contributed by atoms with Gasteiger partial charge in [0.25, 0.3) is 0 Å². The molecule has 2 nitrogen and oxygen atoms in total. The van der Waals surface area contributed by atoms with Gasteiger partial charge in [0.1, 0.15) is 0 Å². The second-order valence-electron chi connectivity index (χ2n) is 5.08. The van der Waals surface area contributed by atoms with Gasteiger partial charge in [-0.1, -0.05) is 30.7 Å². The minimum absolute atomic E-state index is 0.392. The van der Waals surface area contributed by atoms with Crippen LogP contribution in [0.4, 0.5) is 0 Å². The van der Waals surface area contributed by atoms with Crippen LogP contribution in [0.3, 0.4) is 0 Å². The summed E-state index contributed by atoms with van der Waals surface area (Å²) in [7, 11) is 1.78. The maximum absolute atomic E-state index is 5.94. The molecular weight excluding hydrogens is 246 g/mol. The SMILES string of the molecule is CCC(NC(COC)C1CC1)c1ccc(Cl)cc1. The lowest BCUT2D eigenvalue weighted by Crippen LogP contribution is -2.37. The molecule has 0 heterocycles. The summed E-state index contributed by atoms with van der Waals surface area (Å²) in [5.41, 5.74) is 1.31. The smallest absolute Gasteiger partial charge is 0.0618 e. The lowest BCUT2D eigenvalue weighted by atomic mass is 10.0. The van der Waals surface area contributed by atoms with Crippen LogP contribution in [0.2, 0.25) is 5.02 Å². The molecule has 3 heteroatoms. The van der Waals surface area contributed by atoms with E-state index in [1.165, 1.54) is 18.4 Å². The molecule has 18 heavy (non-hydrogen) atoms. The van der Waals surface area contributed by atoms with Gasteiger partial charge in [-0.2, -0.15) is 0 Å². The van der Waals surface area contributed by atoms with Gasteiger partial charge in [-0.25, -0.2) is 0 Å². The summed E-state index contributed by atoms with van der Waals surface area (Å²) in [5, 5.41) is 4.53. The third-order valence-corrected chi connectivity index (χ3v) is 3.89. The molecule has 0 aromatic heterocycles. The van der Waals surface area contributed by atoms with Crippen LogP contribution in [0.15, 0.2) is 24.3 Å². The van der Waals surface area contributed by atoms with E-state index in [1.54, 1.807) is 7.11 Å². The van der Waals surface area contributed by atoms with E-state index in [9.17, 15) is 0 Å². The molecule has 1 aliphatic rings. The first-order valence-electron chi connectivity index (χ1n) is 6.75. The Kier molecular flexibility index (Phi) is 5.04. The molecule has 1 fully saturated rings. The Hall–Kier alpha value is -0.570. The topological polar surface area (TPSA) is 21.3 Å². The fourth-order valence-corrected chi connectivity index (χ4v) is 2.53. The van der Waals surface area contributed by atoms with Crippen LogP contribution >= 0.6 is 11.6 Å². The zero-order valence-electron chi connectivity index (χ0n) is 11.2. The number of nitrogens with one attached hydrogen (secondary N) is 1. The Morgan fingerprint density at radius 1 is 1.33 bits per heavy atom. The van der Waals surface area contributed by atoms with Crippen molar-refractivity contribution >= 4 is 11.6 Å². The molecule has 1 N–H and O–H groups in total. The summed E-state index contributed by atoms with van der Waals surface area (Å²) in [6, 6.07) is 9.02. The molecule has 100 valence electrons. The third kappa shape index (κ3) is 3.71. The fraction of sp³-hybridized carbons (Fsp3) is 0.600. The Morgan fingerprint density at radius 3 is 2.50 bits per heavy atom. The second kappa shape index (κ2) is 6.55. The summed E-state index contributed by atoms with van der Waals surface area (Å²) in [6.45, 7) is 3.01. The molecule has 0 amide bonds. The van der Waals surface area contributed by atoms with Crippen molar-refractivity contribution in [3.05, 3.63) is 34.9 Å². The van der Waals surface area contributed by atoms with Crippen molar-refractivity contribution in [2.75, 3.05) is 13.7 Å². The summed E-state index contributed by atoms with van der Waals surface area (Å²) in [6.07, 6.45) is 3.74. The molecule has 2 atom stereocenters. The van der Waals surface area contributed by atoms with Crippen molar-refractivity contribution in [1.29, 1.82) is 0 Å². The fourth-order valence-electron chi connectivity index (χ4n) is 2.40. The van der Waals surface area contributed by atoms with Crippen LogP contribution < -0.4 is 5.32 Å². The molecule has 2 rings (SSSR count). The standard InChI is InChI=1S/C15H22ClNO/c1-3-14(11-6-8-13(16)9-7-11)17-15(10-18-2)12-4-5-12/h6-9,12,14-15,17H,3-5,10H2,1-2H3. The first-order valence-corrected chi connectivity index (χ1v) is 7.12. The number of benzene rings is 1. The highest BCUT2D eigenvalue weighted by Gasteiger charge is 2.32. The van der Waals surface area contributed by atoms with Crippen molar-refractivity contribution < 1.29 is 4.74 Å². The van der Waals surface area contributed by atoms with E-state index < -0.39 is 0 Å². The Labute approximate surface area is 115 Å². The minimum atomic E-state index is 0.392. The average Bonchev–Trinajstić information content (AvgIpc) is 3.20. The summed E-state index contributed by atoms with van der Waals surface area (Å²) < 4.78 is 5.32. The third-order valence-electron chi connectivity index (χ3n) is 3.63. The first-order chi connectivity index (χ1) is 8.74. The highest BCUT2D eigenvalue weighted by Crippen LogP contribution is 2.34. The van der Waals surface area contributed by atoms with Crippen molar-refractivity contribution in [1.82, 2.24) is 5.32 Å². The number of hydrogen-bond donors (Lipinski definition) is 1. The zero-order chi connectivity index (χ0) is 13.0. The quantitative estimate of drug-likeness (QED) is 0.811. The van der Waals surface area contributed by atoms with Gasteiger partial charge in [0.2, 0.25) is 0 Å². The first kappa shape index (κ1) is 13.9. The largest absolute Gasteiger partial charge is 0.383 e. The molecule has 2 unspecified atom stereocenters. The van der Waals surface area contributed by atoms with Gasteiger partial charge in [-0.3, -0.25) is 0 Å². The summed E-state index contributed by atoms with van der Waals surface area (Å²) >= 11 is 5.94. The maximum atomic E-state index is 5.94. The molecule has 0 aliphatic heterocycles. The molecular formula is C15H22ClNO. The zero-order valence-corrected chi connectivity index (χ0v) is 11.9. The number of methoxy groups -OCH3 is 1. The minimum Gasteiger partial charge on any atom is -0.383 e. The molecule has 1 saturated carbocycles. The normalized spacial score (nSPS) is 18.6. The van der Waals surface area contributed by atoms with E-state index in [0.717, 1.165) is 24.0 Å². The van der Waals surface area contributed by atoms with Gasteiger partial charge >= 0.3 is 0 Å². The molecule has 0 radical (unpaired) electrons. The van der Waals surface area contributed by atoms with Gasteiger partial charge in [0.15, 0.2) is 0 Å². The molecule has 0 spiro atoms. The Morgan fingerprint density at radius 2 is 2.00 bits per heavy atom. The second-order valence-corrected chi connectivity index (χ2v) is 5.51. The van der Waals surface area contributed by atoms with E-state index in [2.05, 4.69) is 24.4 Å².